The predicted octanol–water partition coefficient (Wildman–Crippen LogP) is 4.06. The quantitative estimate of drug-likeness (QED) is 0.644. The van der Waals surface area contributed by atoms with Gasteiger partial charge in [-0.25, -0.2) is 13.2 Å². The molecule has 0 aromatic heterocycles. The van der Waals surface area contributed by atoms with Gasteiger partial charge in [0, 0.05) is 0 Å². The first-order valence-corrected chi connectivity index (χ1v) is 4.40. The van der Waals surface area contributed by atoms with Gasteiger partial charge in [0.05, 0.1) is 5.56 Å². The Kier molecular flexibility index (Phi) is 2.88. The molecule has 0 bridgehead atoms. The molecule has 3 heteroatoms. The van der Waals surface area contributed by atoms with Crippen molar-refractivity contribution >= 4 is 0 Å². The van der Waals surface area contributed by atoms with Crippen LogP contribution in [-0.2, 0) is 5.41 Å². The molecule has 1 aromatic carbocycles. The minimum Gasteiger partial charge on any atom is -0.206 e. The van der Waals surface area contributed by atoms with E-state index in [1.807, 2.05) is 20.8 Å². The monoisotopic (exact) mass is 202 g/mol. The van der Waals surface area contributed by atoms with E-state index in [2.05, 4.69) is 0 Å². The Hall–Kier alpha value is -0.990. The van der Waals surface area contributed by atoms with Gasteiger partial charge in [-0.1, -0.05) is 26.8 Å². The molecule has 0 N–H and O–H groups in total. The number of alkyl halides is 2. The second-order valence-electron chi connectivity index (χ2n) is 4.29. The third kappa shape index (κ3) is 2.28. The first kappa shape index (κ1) is 11.1. The van der Waals surface area contributed by atoms with Crippen molar-refractivity contribution in [3.63, 3.8) is 0 Å². The lowest BCUT2D eigenvalue weighted by molar-refractivity contribution is 0.146. The molecule has 1 rings (SSSR count). The molecule has 14 heavy (non-hydrogen) atoms. The molecule has 0 saturated carbocycles. The van der Waals surface area contributed by atoms with Crippen LogP contribution in [0, 0.1) is 5.82 Å². The second-order valence-corrected chi connectivity index (χ2v) is 4.29. The first-order valence-electron chi connectivity index (χ1n) is 4.40. The minimum absolute atomic E-state index is 0.239. The average Bonchev–Trinajstić information content (AvgIpc) is 2.02. The van der Waals surface area contributed by atoms with E-state index in [1.165, 1.54) is 6.07 Å². The Balaban J connectivity index is 3.20. The number of rotatable bonds is 1. The highest BCUT2D eigenvalue weighted by Crippen LogP contribution is 2.28. The molecule has 0 spiro atoms. The Morgan fingerprint density at radius 1 is 1.14 bits per heavy atom. The smallest absolute Gasteiger partial charge is 0.206 e. The zero-order valence-corrected chi connectivity index (χ0v) is 8.44. The summed E-state index contributed by atoms with van der Waals surface area (Å²) in [5, 5.41) is 0. The van der Waals surface area contributed by atoms with Crippen LogP contribution in [0.15, 0.2) is 18.2 Å². The fourth-order valence-electron chi connectivity index (χ4n) is 1.18. The Morgan fingerprint density at radius 2 is 1.71 bits per heavy atom. The maximum atomic E-state index is 12.9. The molecule has 0 aliphatic carbocycles. The highest BCUT2D eigenvalue weighted by atomic mass is 19.3. The molecule has 0 nitrogen and oxygen atoms in total. The van der Waals surface area contributed by atoms with Gasteiger partial charge in [0.25, 0.3) is 6.43 Å². The molecule has 0 fully saturated rings. The van der Waals surface area contributed by atoms with Crippen LogP contribution in [0.4, 0.5) is 13.2 Å². The van der Waals surface area contributed by atoms with Gasteiger partial charge >= 0.3 is 0 Å². The lowest BCUT2D eigenvalue weighted by atomic mass is 9.86. The van der Waals surface area contributed by atoms with Gasteiger partial charge in [-0.2, -0.15) is 0 Å². The van der Waals surface area contributed by atoms with Gasteiger partial charge in [0.1, 0.15) is 5.82 Å². The van der Waals surface area contributed by atoms with Gasteiger partial charge in [0.15, 0.2) is 0 Å². The van der Waals surface area contributed by atoms with Gasteiger partial charge < -0.3 is 0 Å². The van der Waals surface area contributed by atoms with Gasteiger partial charge in [-0.3, -0.25) is 0 Å². The predicted molar refractivity (Wildman–Crippen MR) is 50.1 cm³/mol. The summed E-state index contributed by atoms with van der Waals surface area (Å²) < 4.78 is 37.6. The zero-order chi connectivity index (χ0) is 10.9. The Morgan fingerprint density at radius 3 is 2.14 bits per heavy atom. The van der Waals surface area contributed by atoms with Gasteiger partial charge in [-0.15, -0.1) is 0 Å². The van der Waals surface area contributed by atoms with E-state index in [-0.39, 0.29) is 5.41 Å². The van der Waals surface area contributed by atoms with Crippen LogP contribution in [0.2, 0.25) is 0 Å². The summed E-state index contributed by atoms with van der Waals surface area (Å²) in [6, 6.07) is 3.88. The highest BCUT2D eigenvalue weighted by molar-refractivity contribution is 5.30. The van der Waals surface area contributed by atoms with Crippen LogP contribution in [0.3, 0.4) is 0 Å². The van der Waals surface area contributed by atoms with E-state index < -0.39 is 17.8 Å². The third-order valence-electron chi connectivity index (χ3n) is 2.10. The van der Waals surface area contributed by atoms with E-state index in [1.54, 1.807) is 6.07 Å². The summed E-state index contributed by atoms with van der Waals surface area (Å²) in [5.41, 5.74) is -0.0382. The normalized spacial score (nSPS) is 12.2. The molecule has 0 saturated heterocycles. The maximum Gasteiger partial charge on any atom is 0.266 e. The van der Waals surface area contributed by atoms with Crippen LogP contribution in [-0.4, -0.2) is 0 Å². The van der Waals surface area contributed by atoms with E-state index in [0.717, 1.165) is 6.07 Å². The van der Waals surface area contributed by atoms with E-state index in [0.29, 0.717) is 5.56 Å². The number of halogens is 3. The first-order chi connectivity index (χ1) is 6.32. The molecule has 1 aromatic rings. The van der Waals surface area contributed by atoms with Crippen LogP contribution in [0.25, 0.3) is 0 Å². The molecule has 0 aliphatic heterocycles. The summed E-state index contributed by atoms with van der Waals surface area (Å²) in [6.07, 6.45) is -2.75. The number of benzene rings is 1. The SMILES string of the molecule is CC(C)(C)c1ccc(F)c(C(F)F)c1. The van der Waals surface area contributed by atoms with Crippen molar-refractivity contribution in [1.29, 1.82) is 0 Å². The lowest BCUT2D eigenvalue weighted by Crippen LogP contribution is -2.11. The van der Waals surface area contributed by atoms with Crippen molar-refractivity contribution in [1.82, 2.24) is 0 Å². The molecule has 0 atom stereocenters. The maximum absolute atomic E-state index is 12.9. The fourth-order valence-corrected chi connectivity index (χ4v) is 1.18. The number of hydrogen-bond acceptors (Lipinski definition) is 0. The molecular formula is C11H13F3. The fraction of sp³-hybridized carbons (Fsp3) is 0.455. The molecule has 78 valence electrons. The van der Waals surface area contributed by atoms with Crippen LogP contribution >= 0.6 is 0 Å². The summed E-state index contributed by atoms with van der Waals surface area (Å²) in [4.78, 5) is 0. The molecule has 0 heterocycles. The van der Waals surface area contributed by atoms with Crippen LogP contribution in [0.1, 0.15) is 38.3 Å². The van der Waals surface area contributed by atoms with Crippen molar-refractivity contribution < 1.29 is 13.2 Å². The number of hydrogen-bond donors (Lipinski definition) is 0. The van der Waals surface area contributed by atoms with E-state index in [4.69, 9.17) is 0 Å². The van der Waals surface area contributed by atoms with Crippen molar-refractivity contribution in [2.75, 3.05) is 0 Å². The van der Waals surface area contributed by atoms with E-state index in [9.17, 15) is 13.2 Å². The average molecular weight is 202 g/mol. The standard InChI is InChI=1S/C11H13F3/c1-11(2,3)7-4-5-9(12)8(6-7)10(13)14/h4-6,10H,1-3H3. The molecule has 0 aliphatic rings. The van der Waals surface area contributed by atoms with Crippen LogP contribution < -0.4 is 0 Å². The van der Waals surface area contributed by atoms with Gasteiger partial charge in [0.2, 0.25) is 0 Å². The molecular weight excluding hydrogens is 189 g/mol. The van der Waals surface area contributed by atoms with Crippen molar-refractivity contribution in [3.05, 3.63) is 35.1 Å². The zero-order valence-electron chi connectivity index (χ0n) is 8.44. The Labute approximate surface area is 81.8 Å². The van der Waals surface area contributed by atoms with Gasteiger partial charge in [-0.05, 0) is 23.1 Å². The molecule has 0 amide bonds. The van der Waals surface area contributed by atoms with Crippen molar-refractivity contribution in [2.45, 2.75) is 32.6 Å². The van der Waals surface area contributed by atoms with Crippen molar-refractivity contribution in [2.24, 2.45) is 0 Å². The largest absolute Gasteiger partial charge is 0.266 e. The molecule has 0 unspecified atom stereocenters. The summed E-state index contributed by atoms with van der Waals surface area (Å²) >= 11 is 0. The minimum atomic E-state index is -2.75. The third-order valence-corrected chi connectivity index (χ3v) is 2.10. The Bertz CT molecular complexity index is 324. The topological polar surface area (TPSA) is 0 Å². The molecule has 0 radical (unpaired) electrons. The second kappa shape index (κ2) is 3.64. The summed E-state index contributed by atoms with van der Waals surface area (Å²) in [6.45, 7) is 5.69. The summed E-state index contributed by atoms with van der Waals surface area (Å²) in [5.74, 6) is -0.840. The lowest BCUT2D eigenvalue weighted by Gasteiger charge is -2.19. The van der Waals surface area contributed by atoms with Crippen molar-refractivity contribution in [3.8, 4) is 0 Å². The van der Waals surface area contributed by atoms with E-state index >= 15 is 0 Å². The summed E-state index contributed by atoms with van der Waals surface area (Å²) in [7, 11) is 0. The van der Waals surface area contributed by atoms with Crippen LogP contribution in [0.5, 0.6) is 0 Å². The highest BCUT2D eigenvalue weighted by Gasteiger charge is 2.19.